The molecule has 4 N–H and O–H groups in total. The smallest absolute Gasteiger partial charge is 0.310 e. The van der Waals surface area contributed by atoms with Gasteiger partial charge in [-0.15, -0.1) is 0 Å². The molecule has 0 aliphatic heterocycles. The second-order valence-electron chi connectivity index (χ2n) is 9.15. The van der Waals surface area contributed by atoms with Crippen molar-refractivity contribution >= 4 is 16.9 Å². The summed E-state index contributed by atoms with van der Waals surface area (Å²) in [6, 6.07) is 31.2. The van der Waals surface area contributed by atoms with Crippen molar-refractivity contribution in [2.75, 3.05) is 7.11 Å². The van der Waals surface area contributed by atoms with Crippen LogP contribution in [0.4, 0.5) is 0 Å². The van der Waals surface area contributed by atoms with Crippen LogP contribution in [-0.4, -0.2) is 13.1 Å². The van der Waals surface area contributed by atoms with Crippen molar-refractivity contribution in [1.29, 1.82) is 0 Å². The van der Waals surface area contributed by atoms with E-state index in [2.05, 4.69) is 18.2 Å². The fourth-order valence-electron chi connectivity index (χ4n) is 4.56. The van der Waals surface area contributed by atoms with Crippen molar-refractivity contribution in [3.8, 4) is 16.9 Å². The lowest BCUT2D eigenvalue weighted by Gasteiger charge is -2.13. The van der Waals surface area contributed by atoms with E-state index in [-0.39, 0.29) is 12.4 Å². The number of hydrogen-bond donors (Lipinski definition) is 2. The molecule has 1 heterocycles. The average Bonchev–Trinajstić information content (AvgIpc) is 3.40. The first-order valence-corrected chi connectivity index (χ1v) is 12.5. The zero-order chi connectivity index (χ0) is 26.5. The molecular formula is C32H30N2O4. The van der Waals surface area contributed by atoms with Crippen molar-refractivity contribution in [2.45, 2.75) is 25.6 Å². The Hall–Kier alpha value is -4.39. The molecule has 0 amide bonds. The Morgan fingerprint density at radius 2 is 1.68 bits per heavy atom. The number of esters is 1. The Kier molecular flexibility index (Phi) is 7.54. The summed E-state index contributed by atoms with van der Waals surface area (Å²) >= 11 is 0. The largest absolute Gasteiger partial charge is 0.489 e. The summed E-state index contributed by atoms with van der Waals surface area (Å²) in [7, 11) is 1.38. The number of carbonyl (C=O) groups is 1. The van der Waals surface area contributed by atoms with Crippen LogP contribution in [0.25, 0.3) is 22.1 Å². The highest BCUT2D eigenvalue weighted by atomic mass is 16.5. The molecule has 38 heavy (non-hydrogen) atoms. The normalized spacial score (nSPS) is 11.9. The van der Waals surface area contributed by atoms with E-state index in [1.807, 2.05) is 78.9 Å². The molecule has 0 fully saturated rings. The van der Waals surface area contributed by atoms with Gasteiger partial charge >= 0.3 is 5.97 Å². The number of methoxy groups -OCH3 is 1. The molecule has 0 spiro atoms. The maximum atomic E-state index is 11.9. The maximum Gasteiger partial charge on any atom is 0.310 e. The Balaban J connectivity index is 1.53. The van der Waals surface area contributed by atoms with Gasteiger partial charge in [0.15, 0.2) is 0 Å². The Bertz CT molecular complexity index is 1560. The standard InChI is InChI=1S/C32H30N2O4/c1-36-30(35)18-25-11-5-6-13-28(25)37-20-22-15-26-17-29(31(34)23-9-3-2-4-10-23)38-32(26)27(16-22)24-12-7-8-21(14-24)19-33/h2-17,31H,18-20,33-34H2,1H3. The van der Waals surface area contributed by atoms with Gasteiger partial charge in [0.25, 0.3) is 0 Å². The molecule has 5 aromatic rings. The maximum absolute atomic E-state index is 11.9. The third-order valence-corrected chi connectivity index (χ3v) is 6.56. The number of furan rings is 1. The topological polar surface area (TPSA) is 101 Å². The van der Waals surface area contributed by atoms with E-state index in [4.69, 9.17) is 25.4 Å². The summed E-state index contributed by atoms with van der Waals surface area (Å²) in [6.45, 7) is 0.752. The molecule has 6 nitrogen and oxygen atoms in total. The molecule has 0 bridgehead atoms. The zero-order valence-electron chi connectivity index (χ0n) is 21.2. The molecule has 0 aliphatic rings. The summed E-state index contributed by atoms with van der Waals surface area (Å²) in [5.41, 5.74) is 18.9. The number of nitrogens with two attached hydrogens (primary N) is 2. The lowest BCUT2D eigenvalue weighted by molar-refractivity contribution is -0.139. The van der Waals surface area contributed by atoms with Gasteiger partial charge in [0.05, 0.1) is 19.6 Å². The SMILES string of the molecule is COC(=O)Cc1ccccc1OCc1cc(-c2cccc(CN)c2)c2oc(C(N)c3ccccc3)cc2c1. The predicted molar refractivity (Wildman–Crippen MR) is 149 cm³/mol. The molecule has 0 saturated carbocycles. The van der Waals surface area contributed by atoms with E-state index in [1.165, 1.54) is 7.11 Å². The Morgan fingerprint density at radius 1 is 0.895 bits per heavy atom. The van der Waals surface area contributed by atoms with Gasteiger partial charge in [0.2, 0.25) is 0 Å². The number of rotatable bonds is 9. The van der Waals surface area contributed by atoms with Gasteiger partial charge in [-0.3, -0.25) is 4.79 Å². The van der Waals surface area contributed by atoms with Gasteiger partial charge in [0, 0.05) is 23.1 Å². The van der Waals surface area contributed by atoms with Crippen molar-refractivity contribution in [1.82, 2.24) is 0 Å². The van der Waals surface area contributed by atoms with E-state index < -0.39 is 6.04 Å². The third kappa shape index (κ3) is 5.47. The van der Waals surface area contributed by atoms with E-state index in [0.29, 0.717) is 24.7 Å². The minimum absolute atomic E-state index is 0.144. The van der Waals surface area contributed by atoms with Gasteiger partial charge in [-0.1, -0.05) is 66.7 Å². The van der Waals surface area contributed by atoms with E-state index >= 15 is 0 Å². The van der Waals surface area contributed by atoms with Gasteiger partial charge in [-0.25, -0.2) is 0 Å². The highest BCUT2D eigenvalue weighted by molar-refractivity contribution is 5.94. The molecule has 192 valence electrons. The van der Waals surface area contributed by atoms with E-state index in [0.717, 1.165) is 44.3 Å². The zero-order valence-corrected chi connectivity index (χ0v) is 21.2. The van der Waals surface area contributed by atoms with Crippen molar-refractivity contribution in [3.63, 3.8) is 0 Å². The highest BCUT2D eigenvalue weighted by Crippen LogP contribution is 2.36. The minimum atomic E-state index is -0.392. The van der Waals surface area contributed by atoms with Crippen LogP contribution in [0.15, 0.2) is 101 Å². The Morgan fingerprint density at radius 3 is 2.47 bits per heavy atom. The molecule has 4 aromatic carbocycles. The van der Waals surface area contributed by atoms with Crippen LogP contribution >= 0.6 is 0 Å². The van der Waals surface area contributed by atoms with Crippen LogP contribution in [0, 0.1) is 0 Å². The molecule has 6 heteroatoms. The van der Waals surface area contributed by atoms with Crippen molar-refractivity contribution < 1.29 is 18.7 Å². The fourth-order valence-corrected chi connectivity index (χ4v) is 4.56. The first-order valence-electron chi connectivity index (χ1n) is 12.5. The number of carbonyl (C=O) groups excluding carboxylic acids is 1. The second kappa shape index (κ2) is 11.3. The van der Waals surface area contributed by atoms with Crippen molar-refractivity contribution in [2.24, 2.45) is 11.5 Å². The Labute approximate surface area is 221 Å². The average molecular weight is 507 g/mol. The van der Waals surface area contributed by atoms with Crippen molar-refractivity contribution in [3.05, 3.63) is 125 Å². The monoisotopic (exact) mass is 506 g/mol. The first-order chi connectivity index (χ1) is 18.6. The lowest BCUT2D eigenvalue weighted by Crippen LogP contribution is -2.10. The molecule has 1 unspecified atom stereocenters. The number of para-hydroxylation sites is 1. The van der Waals surface area contributed by atoms with E-state index in [1.54, 1.807) is 0 Å². The molecule has 0 saturated heterocycles. The predicted octanol–water partition coefficient (Wildman–Crippen LogP) is 5.90. The summed E-state index contributed by atoms with van der Waals surface area (Å²) in [5.74, 6) is 1.01. The lowest BCUT2D eigenvalue weighted by atomic mass is 9.98. The quantitative estimate of drug-likeness (QED) is 0.241. The van der Waals surface area contributed by atoms with Gasteiger partial charge < -0.3 is 25.4 Å². The molecule has 0 aliphatic carbocycles. The summed E-state index contributed by atoms with van der Waals surface area (Å²) in [5, 5.41) is 0.934. The molecule has 5 rings (SSSR count). The minimum Gasteiger partial charge on any atom is -0.489 e. The summed E-state index contributed by atoms with van der Waals surface area (Å²) in [4.78, 5) is 11.9. The number of hydrogen-bond acceptors (Lipinski definition) is 6. The van der Waals surface area contributed by atoms with Crippen LogP contribution in [-0.2, 0) is 29.1 Å². The molecule has 0 radical (unpaired) electrons. The second-order valence-corrected chi connectivity index (χ2v) is 9.15. The number of benzene rings is 4. The fraction of sp³-hybridized carbons (Fsp3) is 0.156. The van der Waals surface area contributed by atoms with Gasteiger partial charge in [0.1, 0.15) is 23.7 Å². The summed E-state index contributed by atoms with van der Waals surface area (Å²) in [6.07, 6.45) is 0.144. The molecule has 1 atom stereocenters. The van der Waals surface area contributed by atoms with Crippen LogP contribution < -0.4 is 16.2 Å². The molecular weight excluding hydrogens is 476 g/mol. The van der Waals surface area contributed by atoms with Gasteiger partial charge in [-0.2, -0.15) is 0 Å². The van der Waals surface area contributed by atoms with Gasteiger partial charge in [-0.05, 0) is 52.6 Å². The number of fused-ring (bicyclic) bond motifs is 1. The van der Waals surface area contributed by atoms with Crippen LogP contribution in [0.5, 0.6) is 5.75 Å². The van der Waals surface area contributed by atoms with Crippen LogP contribution in [0.2, 0.25) is 0 Å². The third-order valence-electron chi connectivity index (χ3n) is 6.56. The summed E-state index contributed by atoms with van der Waals surface area (Å²) < 4.78 is 17.4. The van der Waals surface area contributed by atoms with Crippen LogP contribution in [0.3, 0.4) is 0 Å². The molecule has 1 aromatic heterocycles. The number of ether oxygens (including phenoxy) is 2. The highest BCUT2D eigenvalue weighted by Gasteiger charge is 2.18. The van der Waals surface area contributed by atoms with Crippen LogP contribution in [0.1, 0.15) is 34.1 Å². The first kappa shape index (κ1) is 25.3. The van der Waals surface area contributed by atoms with E-state index in [9.17, 15) is 4.79 Å².